The lowest BCUT2D eigenvalue weighted by Gasteiger charge is -2.16. The highest BCUT2D eigenvalue weighted by atomic mass is 16.5. The number of nitrogens with one attached hydrogen (secondary N) is 1. The first-order valence-corrected chi connectivity index (χ1v) is 8.77. The van der Waals surface area contributed by atoms with E-state index in [9.17, 15) is 19.2 Å². The molecule has 0 saturated heterocycles. The van der Waals surface area contributed by atoms with Gasteiger partial charge in [-0.15, -0.1) is 0 Å². The number of anilines is 1. The number of pyridine rings is 1. The Labute approximate surface area is 169 Å². The van der Waals surface area contributed by atoms with Gasteiger partial charge in [0, 0.05) is 6.07 Å². The Balaban J connectivity index is 1.82. The number of methoxy groups -OCH3 is 1. The Morgan fingerprint density at radius 2 is 1.77 bits per heavy atom. The van der Waals surface area contributed by atoms with Crippen molar-refractivity contribution in [1.29, 1.82) is 0 Å². The molecule has 9 nitrogen and oxygen atoms in total. The molecule has 9 heteroatoms. The van der Waals surface area contributed by atoms with Gasteiger partial charge >= 0.3 is 5.97 Å². The summed E-state index contributed by atoms with van der Waals surface area (Å²) >= 11 is 0. The molecule has 0 atom stereocenters. The Morgan fingerprint density at radius 3 is 2.53 bits per heavy atom. The Bertz CT molecular complexity index is 1280. The maximum Gasteiger partial charge on any atom is 0.337 e. The molecule has 0 bridgehead atoms. The van der Waals surface area contributed by atoms with E-state index >= 15 is 0 Å². The highest BCUT2D eigenvalue weighted by Crippen LogP contribution is 2.31. The van der Waals surface area contributed by atoms with Crippen LogP contribution in [0, 0.1) is 0 Å². The molecule has 2 amide bonds. The molecule has 30 heavy (non-hydrogen) atoms. The van der Waals surface area contributed by atoms with Gasteiger partial charge in [-0.25, -0.2) is 4.79 Å². The van der Waals surface area contributed by atoms with Gasteiger partial charge in [-0.05, 0) is 30.3 Å². The number of ether oxygens (including phenoxy) is 2. The van der Waals surface area contributed by atoms with Crippen LogP contribution in [0.2, 0.25) is 0 Å². The van der Waals surface area contributed by atoms with Gasteiger partial charge < -0.3 is 15.2 Å². The third kappa shape index (κ3) is 3.08. The van der Waals surface area contributed by atoms with Crippen molar-refractivity contribution < 1.29 is 23.9 Å². The summed E-state index contributed by atoms with van der Waals surface area (Å²) in [5, 5.41) is 2.12. The summed E-state index contributed by atoms with van der Waals surface area (Å²) in [7, 11) is 1.27. The minimum Gasteiger partial charge on any atom is -0.465 e. The topological polar surface area (TPSA) is 130 Å². The lowest BCUT2D eigenvalue weighted by Crippen LogP contribution is -2.24. The Morgan fingerprint density at radius 1 is 1.00 bits per heavy atom. The number of carbonyl (C=O) groups excluding carboxylic acids is 3. The maximum absolute atomic E-state index is 12.7. The van der Waals surface area contributed by atoms with Gasteiger partial charge in [-0.3, -0.25) is 24.3 Å². The van der Waals surface area contributed by atoms with E-state index in [2.05, 4.69) is 5.32 Å². The minimum absolute atomic E-state index is 0.0667. The predicted octanol–water partition coefficient (Wildman–Crippen LogP) is 1.88. The van der Waals surface area contributed by atoms with E-state index in [-0.39, 0.29) is 33.9 Å². The number of esters is 1. The average Bonchev–Trinajstić information content (AvgIpc) is 3.02. The summed E-state index contributed by atoms with van der Waals surface area (Å²) in [6.07, 6.45) is 0. The van der Waals surface area contributed by atoms with E-state index < -0.39 is 23.3 Å². The van der Waals surface area contributed by atoms with Gasteiger partial charge in [0.05, 0.1) is 29.5 Å². The number of benzene rings is 2. The van der Waals surface area contributed by atoms with Gasteiger partial charge in [-0.1, -0.05) is 18.2 Å². The van der Waals surface area contributed by atoms with Crippen molar-refractivity contribution in [2.75, 3.05) is 12.8 Å². The molecule has 150 valence electrons. The molecule has 0 spiro atoms. The summed E-state index contributed by atoms with van der Waals surface area (Å²) in [5.41, 5.74) is 5.91. The monoisotopic (exact) mass is 405 g/mol. The van der Waals surface area contributed by atoms with Crippen molar-refractivity contribution in [3.05, 3.63) is 81.6 Å². The first-order valence-electron chi connectivity index (χ1n) is 8.77. The van der Waals surface area contributed by atoms with Crippen LogP contribution in [0.4, 0.5) is 5.82 Å². The van der Waals surface area contributed by atoms with Crippen molar-refractivity contribution >= 4 is 23.6 Å². The van der Waals surface area contributed by atoms with Crippen molar-refractivity contribution in [2.45, 2.75) is 0 Å². The number of para-hydroxylation sites is 2. The first-order chi connectivity index (χ1) is 14.4. The van der Waals surface area contributed by atoms with E-state index in [4.69, 9.17) is 15.2 Å². The van der Waals surface area contributed by atoms with Crippen LogP contribution in [0.25, 0.3) is 5.69 Å². The highest BCUT2D eigenvalue weighted by Gasteiger charge is 2.32. The standard InChI is InChI=1S/C21H15N3O6/c1-29-21(28)11-5-4-6-12(9-11)30-15-8-3-2-7-14(15)24-16(25)10-13-17(18(24)22)20(27)23-19(13)26/h2-10H,22H2,1H3,(H,23,26,27). The lowest BCUT2D eigenvalue weighted by molar-refractivity contribution is 0.0600. The average molecular weight is 405 g/mol. The number of hydrogen-bond donors (Lipinski definition) is 2. The molecule has 0 saturated carbocycles. The molecule has 1 aliphatic heterocycles. The summed E-state index contributed by atoms with van der Waals surface area (Å²) in [6, 6.07) is 13.9. The minimum atomic E-state index is -0.676. The number of rotatable bonds is 4. The fraction of sp³-hybridized carbons (Fsp3) is 0.0476. The van der Waals surface area contributed by atoms with Crippen LogP contribution in [0.15, 0.2) is 59.4 Å². The number of amides is 2. The van der Waals surface area contributed by atoms with E-state index in [1.165, 1.54) is 13.2 Å². The SMILES string of the molecule is COC(=O)c1cccc(Oc2ccccc2-n2c(N)c3c(cc2=O)C(=O)NC3=O)c1. The molecule has 1 aliphatic rings. The van der Waals surface area contributed by atoms with Gasteiger partial charge in [0.1, 0.15) is 11.6 Å². The van der Waals surface area contributed by atoms with Gasteiger partial charge in [0.15, 0.2) is 5.75 Å². The molecular weight excluding hydrogens is 390 g/mol. The van der Waals surface area contributed by atoms with Gasteiger partial charge in [0.25, 0.3) is 17.4 Å². The third-order valence-electron chi connectivity index (χ3n) is 4.54. The molecular formula is C21H15N3O6. The molecule has 0 aliphatic carbocycles. The zero-order valence-electron chi connectivity index (χ0n) is 15.7. The molecule has 3 N–H and O–H groups in total. The molecule has 2 aromatic carbocycles. The number of nitrogen functional groups attached to an aromatic ring is 1. The van der Waals surface area contributed by atoms with Crippen molar-refractivity contribution in [3.8, 4) is 17.2 Å². The summed E-state index contributed by atoms with van der Waals surface area (Å²) in [5.74, 6) is -1.48. The van der Waals surface area contributed by atoms with Crippen LogP contribution in [-0.2, 0) is 4.74 Å². The van der Waals surface area contributed by atoms with Gasteiger partial charge in [0.2, 0.25) is 0 Å². The van der Waals surface area contributed by atoms with Crippen LogP contribution in [0.3, 0.4) is 0 Å². The highest BCUT2D eigenvalue weighted by molar-refractivity contribution is 6.23. The number of aromatic nitrogens is 1. The van der Waals surface area contributed by atoms with Crippen LogP contribution >= 0.6 is 0 Å². The molecule has 0 fully saturated rings. The quantitative estimate of drug-likeness (QED) is 0.501. The number of hydrogen-bond acceptors (Lipinski definition) is 7. The summed E-state index contributed by atoms with van der Waals surface area (Å²) in [4.78, 5) is 48.4. The van der Waals surface area contributed by atoms with Crippen molar-refractivity contribution in [1.82, 2.24) is 9.88 Å². The molecule has 0 radical (unpaired) electrons. The van der Waals surface area contributed by atoms with Crippen molar-refractivity contribution in [3.63, 3.8) is 0 Å². The Hall–Kier alpha value is -4.40. The second kappa shape index (κ2) is 7.21. The number of fused-ring (bicyclic) bond motifs is 1. The maximum atomic E-state index is 12.7. The zero-order valence-corrected chi connectivity index (χ0v) is 15.7. The fourth-order valence-electron chi connectivity index (χ4n) is 3.19. The van der Waals surface area contributed by atoms with Crippen LogP contribution in [0.5, 0.6) is 11.5 Å². The number of nitrogens with two attached hydrogens (primary N) is 1. The van der Waals surface area contributed by atoms with Crippen LogP contribution in [-0.4, -0.2) is 29.5 Å². The molecule has 1 aromatic heterocycles. The van der Waals surface area contributed by atoms with E-state index in [0.717, 1.165) is 10.6 Å². The summed E-state index contributed by atoms with van der Waals surface area (Å²) < 4.78 is 11.7. The largest absolute Gasteiger partial charge is 0.465 e. The number of nitrogens with zero attached hydrogens (tertiary/aromatic N) is 1. The predicted molar refractivity (Wildman–Crippen MR) is 106 cm³/mol. The van der Waals surface area contributed by atoms with E-state index in [1.54, 1.807) is 42.5 Å². The Kier molecular flexibility index (Phi) is 4.55. The van der Waals surface area contributed by atoms with Crippen LogP contribution < -0.4 is 21.3 Å². The number of carbonyl (C=O) groups is 3. The molecule has 0 unspecified atom stereocenters. The smallest absolute Gasteiger partial charge is 0.337 e. The second-order valence-corrected chi connectivity index (χ2v) is 6.36. The molecule has 4 rings (SSSR count). The molecule has 2 heterocycles. The van der Waals surface area contributed by atoms with Crippen molar-refractivity contribution in [2.24, 2.45) is 0 Å². The van der Waals surface area contributed by atoms with E-state index in [0.29, 0.717) is 5.75 Å². The third-order valence-corrected chi connectivity index (χ3v) is 4.54. The normalized spacial score (nSPS) is 12.3. The molecule has 3 aromatic rings. The fourth-order valence-corrected chi connectivity index (χ4v) is 3.19. The zero-order chi connectivity index (χ0) is 21.4. The first kappa shape index (κ1) is 18.9. The van der Waals surface area contributed by atoms with Crippen LogP contribution in [0.1, 0.15) is 31.1 Å². The summed E-state index contributed by atoms with van der Waals surface area (Å²) in [6.45, 7) is 0. The second-order valence-electron chi connectivity index (χ2n) is 6.36. The van der Waals surface area contributed by atoms with Gasteiger partial charge in [-0.2, -0.15) is 0 Å². The lowest BCUT2D eigenvalue weighted by atomic mass is 10.1. The number of imide groups is 1. The van der Waals surface area contributed by atoms with E-state index in [1.807, 2.05) is 0 Å².